The summed E-state index contributed by atoms with van der Waals surface area (Å²) < 4.78 is 38.5. The van der Waals surface area contributed by atoms with Gasteiger partial charge in [0.2, 0.25) is 0 Å². The van der Waals surface area contributed by atoms with E-state index >= 15 is 0 Å². The molecule has 0 fully saturated rings. The van der Waals surface area contributed by atoms with Crippen molar-refractivity contribution >= 4 is 29.0 Å². The van der Waals surface area contributed by atoms with Crippen LogP contribution in [0, 0.1) is 0 Å². The summed E-state index contributed by atoms with van der Waals surface area (Å²) in [6, 6.07) is 8.08. The lowest BCUT2D eigenvalue weighted by Crippen LogP contribution is -2.36. The van der Waals surface area contributed by atoms with Gasteiger partial charge < -0.3 is 10.2 Å². The number of amides is 2. The highest BCUT2D eigenvalue weighted by Gasteiger charge is 2.30. The highest BCUT2D eigenvalue weighted by Crippen LogP contribution is 2.29. The SMILES string of the molecule is CN(Cc1ccc(Cl)s1)C(=O)NCc1cccc(C(F)(F)F)c1. The molecule has 1 aromatic carbocycles. The van der Waals surface area contributed by atoms with Crippen LogP contribution in [0.3, 0.4) is 0 Å². The van der Waals surface area contributed by atoms with Crippen LogP contribution < -0.4 is 5.32 Å². The Morgan fingerprint density at radius 3 is 2.65 bits per heavy atom. The monoisotopic (exact) mass is 362 g/mol. The number of carbonyl (C=O) groups excluding carboxylic acids is 1. The van der Waals surface area contributed by atoms with Gasteiger partial charge in [0.1, 0.15) is 0 Å². The predicted molar refractivity (Wildman–Crippen MR) is 84.5 cm³/mol. The van der Waals surface area contributed by atoms with Gasteiger partial charge in [-0.1, -0.05) is 23.7 Å². The second-order valence-corrected chi connectivity index (χ2v) is 6.72. The summed E-state index contributed by atoms with van der Waals surface area (Å²) in [6.07, 6.45) is -4.39. The van der Waals surface area contributed by atoms with Crippen molar-refractivity contribution in [3.63, 3.8) is 0 Å². The molecular formula is C15H14ClF3N2OS. The summed E-state index contributed by atoms with van der Waals surface area (Å²) >= 11 is 7.20. The first-order valence-corrected chi connectivity index (χ1v) is 7.84. The molecule has 0 aliphatic carbocycles. The number of carbonyl (C=O) groups is 1. The normalized spacial score (nSPS) is 11.3. The third-order valence-corrected chi connectivity index (χ3v) is 4.28. The van der Waals surface area contributed by atoms with Crippen molar-refractivity contribution in [3.05, 3.63) is 56.7 Å². The molecule has 0 unspecified atom stereocenters. The fraction of sp³-hybridized carbons (Fsp3) is 0.267. The van der Waals surface area contributed by atoms with Gasteiger partial charge in [0.25, 0.3) is 0 Å². The minimum Gasteiger partial charge on any atom is -0.334 e. The van der Waals surface area contributed by atoms with E-state index in [0.717, 1.165) is 17.0 Å². The van der Waals surface area contributed by atoms with Gasteiger partial charge in [0, 0.05) is 18.5 Å². The van der Waals surface area contributed by atoms with Gasteiger partial charge in [0.15, 0.2) is 0 Å². The summed E-state index contributed by atoms with van der Waals surface area (Å²) in [5.74, 6) is 0. The molecule has 124 valence electrons. The Labute approximate surface area is 140 Å². The van der Waals surface area contributed by atoms with Crippen LogP contribution in [0.25, 0.3) is 0 Å². The Bertz CT molecular complexity index is 687. The molecule has 0 aliphatic rings. The first kappa shape index (κ1) is 17.6. The number of nitrogens with one attached hydrogen (secondary N) is 1. The average molecular weight is 363 g/mol. The summed E-state index contributed by atoms with van der Waals surface area (Å²) in [6.45, 7) is 0.407. The Morgan fingerprint density at radius 1 is 1.30 bits per heavy atom. The number of hydrogen-bond donors (Lipinski definition) is 1. The van der Waals surface area contributed by atoms with Gasteiger partial charge in [-0.05, 0) is 29.8 Å². The number of benzene rings is 1. The van der Waals surface area contributed by atoms with Crippen LogP contribution in [0.15, 0.2) is 36.4 Å². The molecule has 2 amide bonds. The summed E-state index contributed by atoms with van der Waals surface area (Å²) in [7, 11) is 1.61. The molecular weight excluding hydrogens is 349 g/mol. The van der Waals surface area contributed by atoms with E-state index in [9.17, 15) is 18.0 Å². The summed E-state index contributed by atoms with van der Waals surface area (Å²) in [5.41, 5.74) is -0.341. The number of urea groups is 1. The maximum atomic E-state index is 12.6. The maximum absolute atomic E-state index is 12.6. The van der Waals surface area contributed by atoms with Gasteiger partial charge in [-0.25, -0.2) is 4.79 Å². The Balaban J connectivity index is 1.91. The van der Waals surface area contributed by atoms with Crippen LogP contribution in [0.2, 0.25) is 4.34 Å². The predicted octanol–water partition coefficient (Wildman–Crippen LogP) is 4.76. The van der Waals surface area contributed by atoms with Crippen molar-refractivity contribution in [2.45, 2.75) is 19.3 Å². The standard InChI is InChI=1S/C15H14ClF3N2OS/c1-21(9-12-5-6-13(16)23-12)14(22)20-8-10-3-2-4-11(7-10)15(17,18)19/h2-7H,8-9H2,1H3,(H,20,22). The first-order valence-electron chi connectivity index (χ1n) is 6.65. The van der Waals surface area contributed by atoms with Crippen molar-refractivity contribution in [1.29, 1.82) is 0 Å². The Hall–Kier alpha value is -1.73. The molecule has 23 heavy (non-hydrogen) atoms. The van der Waals surface area contributed by atoms with Crippen LogP contribution in [0.4, 0.5) is 18.0 Å². The summed E-state index contributed by atoms with van der Waals surface area (Å²) in [4.78, 5) is 14.3. The molecule has 0 aliphatic heterocycles. The van der Waals surface area contributed by atoms with Gasteiger partial charge in [-0.3, -0.25) is 0 Å². The molecule has 1 aromatic heterocycles. The Morgan fingerprint density at radius 2 is 2.04 bits per heavy atom. The molecule has 0 saturated heterocycles. The van der Waals surface area contributed by atoms with E-state index < -0.39 is 11.7 Å². The molecule has 8 heteroatoms. The number of alkyl halides is 3. The van der Waals surface area contributed by atoms with E-state index in [0.29, 0.717) is 16.4 Å². The largest absolute Gasteiger partial charge is 0.416 e. The quantitative estimate of drug-likeness (QED) is 0.835. The highest BCUT2D eigenvalue weighted by molar-refractivity contribution is 7.16. The van der Waals surface area contributed by atoms with Crippen LogP contribution in [0.1, 0.15) is 16.0 Å². The second kappa shape index (κ2) is 7.23. The van der Waals surface area contributed by atoms with Crippen LogP contribution in [-0.4, -0.2) is 18.0 Å². The van der Waals surface area contributed by atoms with Crippen molar-refractivity contribution in [2.24, 2.45) is 0 Å². The molecule has 1 N–H and O–H groups in total. The van der Waals surface area contributed by atoms with E-state index in [1.54, 1.807) is 13.1 Å². The third-order valence-electron chi connectivity index (χ3n) is 3.07. The lowest BCUT2D eigenvalue weighted by atomic mass is 10.1. The molecule has 3 nitrogen and oxygen atoms in total. The van der Waals surface area contributed by atoms with Crippen molar-refractivity contribution in [2.75, 3.05) is 7.05 Å². The van der Waals surface area contributed by atoms with E-state index in [4.69, 9.17) is 11.6 Å². The van der Waals surface area contributed by atoms with Crippen molar-refractivity contribution < 1.29 is 18.0 Å². The lowest BCUT2D eigenvalue weighted by molar-refractivity contribution is -0.137. The van der Waals surface area contributed by atoms with Gasteiger partial charge in [-0.15, -0.1) is 11.3 Å². The number of nitrogens with zero attached hydrogens (tertiary/aromatic N) is 1. The van der Waals surface area contributed by atoms with E-state index in [-0.39, 0.29) is 12.6 Å². The molecule has 0 saturated carbocycles. The minimum absolute atomic E-state index is 0.0261. The van der Waals surface area contributed by atoms with E-state index in [1.807, 2.05) is 6.07 Å². The zero-order chi connectivity index (χ0) is 17.0. The summed E-state index contributed by atoms with van der Waals surface area (Å²) in [5, 5.41) is 2.60. The molecule has 0 radical (unpaired) electrons. The first-order chi connectivity index (χ1) is 10.8. The van der Waals surface area contributed by atoms with Crippen LogP contribution in [0.5, 0.6) is 0 Å². The zero-order valence-corrected chi connectivity index (χ0v) is 13.7. The van der Waals surface area contributed by atoms with Crippen molar-refractivity contribution in [3.8, 4) is 0 Å². The number of rotatable bonds is 4. The van der Waals surface area contributed by atoms with Crippen LogP contribution >= 0.6 is 22.9 Å². The molecule has 2 rings (SSSR count). The molecule has 2 aromatic rings. The van der Waals surface area contributed by atoms with Gasteiger partial charge >= 0.3 is 12.2 Å². The molecule has 0 atom stereocenters. The number of halogens is 4. The zero-order valence-electron chi connectivity index (χ0n) is 12.2. The molecule has 0 spiro atoms. The molecule has 0 bridgehead atoms. The van der Waals surface area contributed by atoms with Crippen LogP contribution in [-0.2, 0) is 19.3 Å². The van der Waals surface area contributed by atoms with E-state index in [2.05, 4.69) is 5.32 Å². The smallest absolute Gasteiger partial charge is 0.334 e. The topological polar surface area (TPSA) is 32.3 Å². The highest BCUT2D eigenvalue weighted by atomic mass is 35.5. The average Bonchev–Trinajstić information content (AvgIpc) is 2.89. The van der Waals surface area contributed by atoms with Gasteiger partial charge in [-0.2, -0.15) is 13.2 Å². The second-order valence-electron chi connectivity index (χ2n) is 4.92. The number of hydrogen-bond acceptors (Lipinski definition) is 2. The Kier molecular flexibility index (Phi) is 5.54. The minimum atomic E-state index is -4.39. The van der Waals surface area contributed by atoms with E-state index in [1.165, 1.54) is 28.4 Å². The maximum Gasteiger partial charge on any atom is 0.416 e. The van der Waals surface area contributed by atoms with Crippen molar-refractivity contribution in [1.82, 2.24) is 10.2 Å². The molecule has 1 heterocycles. The third kappa shape index (κ3) is 5.14. The van der Waals surface area contributed by atoms with Gasteiger partial charge in [0.05, 0.1) is 16.4 Å². The fourth-order valence-electron chi connectivity index (χ4n) is 1.91. The lowest BCUT2D eigenvalue weighted by Gasteiger charge is -2.17. The number of thiophene rings is 1. The fourth-order valence-corrected chi connectivity index (χ4v) is 3.05.